The van der Waals surface area contributed by atoms with Crippen molar-refractivity contribution < 1.29 is 9.53 Å². The van der Waals surface area contributed by atoms with Crippen molar-refractivity contribution in [2.24, 2.45) is 0 Å². The first-order valence-electron chi connectivity index (χ1n) is 8.02. The molecule has 4 nitrogen and oxygen atoms in total. The number of rotatable bonds is 6. The molecule has 1 aliphatic heterocycles. The Kier molecular flexibility index (Phi) is 6.68. The van der Waals surface area contributed by atoms with E-state index in [4.69, 9.17) is 16.3 Å². The van der Waals surface area contributed by atoms with Gasteiger partial charge in [-0.15, -0.1) is 0 Å². The van der Waals surface area contributed by atoms with Crippen molar-refractivity contribution in [2.75, 3.05) is 26.2 Å². The molecule has 1 aliphatic rings. The van der Waals surface area contributed by atoms with Crippen LogP contribution in [-0.2, 0) is 9.53 Å². The maximum absolute atomic E-state index is 12.7. The van der Waals surface area contributed by atoms with Gasteiger partial charge < -0.3 is 15.0 Å². The van der Waals surface area contributed by atoms with Crippen molar-refractivity contribution >= 4 is 17.5 Å². The Bertz CT molecular complexity index is 495. The number of hydrogen-bond acceptors (Lipinski definition) is 3. The number of nitrogens with zero attached hydrogens (tertiary/aromatic N) is 1. The summed E-state index contributed by atoms with van der Waals surface area (Å²) in [5.74, 6) is 0.0440. The summed E-state index contributed by atoms with van der Waals surface area (Å²) in [6.07, 6.45) is 1.64. The van der Waals surface area contributed by atoms with Crippen LogP contribution in [0.25, 0.3) is 0 Å². The fourth-order valence-corrected chi connectivity index (χ4v) is 2.96. The Balaban J connectivity index is 2.09. The molecule has 0 aromatic heterocycles. The van der Waals surface area contributed by atoms with Gasteiger partial charge in [-0.25, -0.2) is 0 Å². The smallest absolute Gasteiger partial charge is 0.252 e. The molecule has 1 heterocycles. The van der Waals surface area contributed by atoms with Gasteiger partial charge in [-0.05, 0) is 25.0 Å². The molecular weight excluding hydrogens is 300 g/mol. The van der Waals surface area contributed by atoms with Crippen molar-refractivity contribution in [3.63, 3.8) is 0 Å². The van der Waals surface area contributed by atoms with Crippen LogP contribution >= 0.6 is 11.6 Å². The summed E-state index contributed by atoms with van der Waals surface area (Å²) >= 11 is 6.31. The number of halogens is 1. The highest BCUT2D eigenvalue weighted by atomic mass is 35.5. The van der Waals surface area contributed by atoms with Crippen LogP contribution in [0.5, 0.6) is 0 Å². The lowest BCUT2D eigenvalue weighted by Crippen LogP contribution is -2.51. The number of ether oxygens (including phenoxy) is 1. The quantitative estimate of drug-likeness (QED) is 0.818. The second-order valence-corrected chi connectivity index (χ2v) is 6.05. The molecule has 1 fully saturated rings. The molecular formula is C17H25ClN2O2. The standard InChI is InChI=1S/C17H25ClN2O2/c1-3-4-11-22-13(2)17(21)20-10-9-19-12-16(20)14-7-5-6-8-15(14)18/h5-8,13,16,19H,3-4,9-12H2,1-2H3. The molecule has 1 aromatic rings. The second-order valence-electron chi connectivity index (χ2n) is 5.64. The van der Waals surface area contributed by atoms with Crippen molar-refractivity contribution in [1.29, 1.82) is 0 Å². The van der Waals surface area contributed by atoms with E-state index in [1.165, 1.54) is 0 Å². The molecule has 0 aliphatic carbocycles. The zero-order valence-corrected chi connectivity index (χ0v) is 14.1. The molecule has 1 saturated heterocycles. The summed E-state index contributed by atoms with van der Waals surface area (Å²) in [5, 5.41) is 4.05. The monoisotopic (exact) mass is 324 g/mol. The zero-order valence-electron chi connectivity index (χ0n) is 13.3. The number of carbonyl (C=O) groups excluding carboxylic acids is 1. The van der Waals surface area contributed by atoms with Crippen LogP contribution in [-0.4, -0.2) is 43.2 Å². The molecule has 0 bridgehead atoms. The minimum atomic E-state index is -0.408. The third kappa shape index (κ3) is 4.22. The molecule has 0 spiro atoms. The number of carbonyl (C=O) groups is 1. The first kappa shape index (κ1) is 17.3. The fourth-order valence-electron chi connectivity index (χ4n) is 2.70. The van der Waals surface area contributed by atoms with E-state index in [0.29, 0.717) is 18.2 Å². The Hall–Kier alpha value is -1.10. The molecule has 0 saturated carbocycles. The summed E-state index contributed by atoms with van der Waals surface area (Å²) in [5.41, 5.74) is 0.991. The van der Waals surface area contributed by atoms with E-state index in [9.17, 15) is 4.79 Å². The van der Waals surface area contributed by atoms with E-state index in [0.717, 1.165) is 31.5 Å². The maximum Gasteiger partial charge on any atom is 0.252 e. The van der Waals surface area contributed by atoms with Crippen LogP contribution in [0.1, 0.15) is 38.3 Å². The van der Waals surface area contributed by atoms with Crippen LogP contribution in [0.15, 0.2) is 24.3 Å². The third-order valence-corrected chi connectivity index (χ3v) is 4.35. The lowest BCUT2D eigenvalue weighted by atomic mass is 10.0. The highest BCUT2D eigenvalue weighted by molar-refractivity contribution is 6.31. The number of unbranched alkanes of at least 4 members (excludes halogenated alkanes) is 1. The van der Waals surface area contributed by atoms with Gasteiger partial charge in [0.25, 0.3) is 5.91 Å². The topological polar surface area (TPSA) is 41.6 Å². The van der Waals surface area contributed by atoms with Gasteiger partial charge in [-0.3, -0.25) is 4.79 Å². The summed E-state index contributed by atoms with van der Waals surface area (Å²) in [6, 6.07) is 7.69. The number of nitrogens with one attached hydrogen (secondary N) is 1. The largest absolute Gasteiger partial charge is 0.369 e. The Morgan fingerprint density at radius 1 is 1.50 bits per heavy atom. The van der Waals surface area contributed by atoms with Gasteiger partial charge in [0.05, 0.1) is 6.04 Å². The zero-order chi connectivity index (χ0) is 15.9. The predicted octanol–water partition coefficient (Wildman–Crippen LogP) is 3.02. The van der Waals surface area contributed by atoms with E-state index in [2.05, 4.69) is 12.2 Å². The van der Waals surface area contributed by atoms with Gasteiger partial charge in [-0.1, -0.05) is 43.1 Å². The number of benzene rings is 1. The summed E-state index contributed by atoms with van der Waals surface area (Å²) < 4.78 is 5.67. The summed E-state index contributed by atoms with van der Waals surface area (Å²) in [6.45, 7) is 6.78. The molecule has 0 radical (unpaired) electrons. The lowest BCUT2D eigenvalue weighted by Gasteiger charge is -2.38. The Morgan fingerprint density at radius 2 is 2.27 bits per heavy atom. The van der Waals surface area contributed by atoms with Gasteiger partial charge in [0.2, 0.25) is 0 Å². The molecule has 2 unspecified atom stereocenters. The van der Waals surface area contributed by atoms with Crippen molar-refractivity contribution in [3.8, 4) is 0 Å². The molecule has 22 heavy (non-hydrogen) atoms. The first-order valence-corrected chi connectivity index (χ1v) is 8.40. The molecule has 1 aromatic carbocycles. The Morgan fingerprint density at radius 3 is 3.00 bits per heavy atom. The van der Waals surface area contributed by atoms with Gasteiger partial charge >= 0.3 is 0 Å². The van der Waals surface area contributed by atoms with Gasteiger partial charge in [0.15, 0.2) is 0 Å². The summed E-state index contributed by atoms with van der Waals surface area (Å²) in [7, 11) is 0. The van der Waals surface area contributed by atoms with E-state index in [-0.39, 0.29) is 11.9 Å². The normalized spacial score (nSPS) is 20.0. The van der Waals surface area contributed by atoms with Crippen molar-refractivity contribution in [1.82, 2.24) is 10.2 Å². The van der Waals surface area contributed by atoms with Crippen LogP contribution < -0.4 is 5.32 Å². The van der Waals surface area contributed by atoms with Crippen LogP contribution in [0.4, 0.5) is 0 Å². The molecule has 2 atom stereocenters. The SMILES string of the molecule is CCCCOC(C)C(=O)N1CCNCC1c1ccccc1Cl. The minimum absolute atomic E-state index is 0.0350. The number of piperazine rings is 1. The first-order chi connectivity index (χ1) is 10.6. The van der Waals surface area contributed by atoms with Gasteiger partial charge in [-0.2, -0.15) is 0 Å². The average Bonchev–Trinajstić information content (AvgIpc) is 2.55. The second kappa shape index (κ2) is 8.51. The van der Waals surface area contributed by atoms with Crippen LogP contribution in [0, 0.1) is 0 Å². The van der Waals surface area contributed by atoms with Gasteiger partial charge in [0.1, 0.15) is 6.10 Å². The third-order valence-electron chi connectivity index (χ3n) is 4.00. The Labute approximate surface area is 137 Å². The highest BCUT2D eigenvalue weighted by Crippen LogP contribution is 2.29. The van der Waals surface area contributed by atoms with E-state index in [1.54, 1.807) is 0 Å². The van der Waals surface area contributed by atoms with Crippen LogP contribution in [0.2, 0.25) is 5.02 Å². The predicted molar refractivity (Wildman–Crippen MR) is 89.1 cm³/mol. The van der Waals surface area contributed by atoms with Crippen molar-refractivity contribution in [3.05, 3.63) is 34.9 Å². The molecule has 1 N–H and O–H groups in total. The average molecular weight is 325 g/mol. The number of amides is 1. The van der Waals surface area contributed by atoms with E-state index < -0.39 is 6.10 Å². The number of hydrogen-bond donors (Lipinski definition) is 1. The lowest BCUT2D eigenvalue weighted by molar-refractivity contribution is -0.146. The highest BCUT2D eigenvalue weighted by Gasteiger charge is 2.31. The molecule has 122 valence electrons. The molecule has 1 amide bonds. The molecule has 2 rings (SSSR count). The minimum Gasteiger partial charge on any atom is -0.369 e. The maximum atomic E-state index is 12.7. The fraction of sp³-hybridized carbons (Fsp3) is 0.588. The van der Waals surface area contributed by atoms with Gasteiger partial charge in [0, 0.05) is 31.3 Å². The van der Waals surface area contributed by atoms with Crippen molar-refractivity contribution in [2.45, 2.75) is 38.8 Å². The summed E-state index contributed by atoms with van der Waals surface area (Å²) in [4.78, 5) is 14.6. The molecule has 5 heteroatoms. The van der Waals surface area contributed by atoms with Crippen LogP contribution in [0.3, 0.4) is 0 Å². The van der Waals surface area contributed by atoms with E-state index in [1.807, 2.05) is 36.1 Å². The van der Waals surface area contributed by atoms with E-state index >= 15 is 0 Å².